The van der Waals surface area contributed by atoms with Gasteiger partial charge >= 0.3 is 5.97 Å². The molecule has 6 heteroatoms. The Kier molecular flexibility index (Phi) is 2.64. The van der Waals surface area contributed by atoms with Crippen LogP contribution in [0, 0.1) is 5.92 Å². The minimum absolute atomic E-state index is 0.0294. The number of rotatable bonds is 4. The van der Waals surface area contributed by atoms with E-state index >= 15 is 0 Å². The predicted octanol–water partition coefficient (Wildman–Crippen LogP) is -0.0683. The van der Waals surface area contributed by atoms with E-state index in [9.17, 15) is 9.59 Å². The summed E-state index contributed by atoms with van der Waals surface area (Å²) in [5.74, 6) is 0.0859. The first-order chi connectivity index (χ1) is 7.56. The van der Waals surface area contributed by atoms with E-state index in [4.69, 9.17) is 10.8 Å². The van der Waals surface area contributed by atoms with Crippen molar-refractivity contribution in [2.24, 2.45) is 5.92 Å². The number of hydrogen-bond donors (Lipinski definition) is 3. The summed E-state index contributed by atoms with van der Waals surface area (Å²) in [6.07, 6.45) is 2.63. The quantitative estimate of drug-likeness (QED) is 0.662. The molecule has 0 radical (unpaired) electrons. The fourth-order valence-electron chi connectivity index (χ4n) is 1.58. The molecule has 86 valence electrons. The summed E-state index contributed by atoms with van der Waals surface area (Å²) < 4.78 is 0. The van der Waals surface area contributed by atoms with E-state index in [0.29, 0.717) is 18.2 Å². The Morgan fingerprint density at radius 2 is 2.25 bits per heavy atom. The van der Waals surface area contributed by atoms with Crippen LogP contribution in [-0.2, 0) is 17.6 Å². The number of aliphatic carboxylic acids is 1. The van der Waals surface area contributed by atoms with Crippen LogP contribution in [0.1, 0.15) is 24.2 Å². The molecule has 0 aromatic carbocycles. The zero-order chi connectivity index (χ0) is 11.7. The maximum Gasteiger partial charge on any atom is 0.308 e. The Morgan fingerprint density at radius 1 is 1.56 bits per heavy atom. The second-order valence-corrected chi connectivity index (χ2v) is 4.09. The Balaban J connectivity index is 2.26. The number of carboxylic acid groups (broad SMARTS) is 1. The Hall–Kier alpha value is -1.85. The number of hydrogen-bond acceptors (Lipinski definition) is 4. The van der Waals surface area contributed by atoms with E-state index in [1.165, 1.54) is 0 Å². The minimum atomic E-state index is -1.09. The topological polar surface area (TPSA) is 109 Å². The van der Waals surface area contributed by atoms with Crippen LogP contribution >= 0.6 is 0 Å². The van der Waals surface area contributed by atoms with Crippen LogP contribution in [0.25, 0.3) is 0 Å². The first-order valence-electron chi connectivity index (χ1n) is 5.15. The molecule has 0 saturated heterocycles. The molecule has 1 aliphatic carbocycles. The van der Waals surface area contributed by atoms with Crippen LogP contribution in [0.3, 0.4) is 0 Å². The molecule has 0 unspecified atom stereocenters. The number of H-pyrrole nitrogens is 1. The predicted molar refractivity (Wildman–Crippen MR) is 57.0 cm³/mol. The molecule has 2 rings (SSSR count). The van der Waals surface area contributed by atoms with Gasteiger partial charge in [0.15, 0.2) is 0 Å². The van der Waals surface area contributed by atoms with Crippen molar-refractivity contribution < 1.29 is 9.90 Å². The average molecular weight is 223 g/mol. The van der Waals surface area contributed by atoms with E-state index < -0.39 is 17.9 Å². The summed E-state index contributed by atoms with van der Waals surface area (Å²) in [5, 5.41) is 8.60. The standard InChI is InChI=1S/C10H13N3O3/c11-9-6(4-8(14)15)10(16)13-7(12-9)3-5-1-2-5/h5H,1-4H2,(H,14,15)(H3,11,12,13,16). The second-order valence-electron chi connectivity index (χ2n) is 4.09. The number of anilines is 1. The van der Waals surface area contributed by atoms with Crippen molar-refractivity contribution in [3.05, 3.63) is 21.7 Å². The number of aromatic amines is 1. The van der Waals surface area contributed by atoms with Crippen molar-refractivity contribution >= 4 is 11.8 Å². The number of nitrogens with zero attached hydrogens (tertiary/aromatic N) is 1. The fraction of sp³-hybridized carbons (Fsp3) is 0.500. The highest BCUT2D eigenvalue weighted by Gasteiger charge is 2.23. The first-order valence-corrected chi connectivity index (χ1v) is 5.15. The van der Waals surface area contributed by atoms with Gasteiger partial charge in [0.25, 0.3) is 5.56 Å². The van der Waals surface area contributed by atoms with Gasteiger partial charge in [-0.25, -0.2) is 4.98 Å². The smallest absolute Gasteiger partial charge is 0.308 e. The number of aromatic nitrogens is 2. The molecule has 0 aliphatic heterocycles. The zero-order valence-corrected chi connectivity index (χ0v) is 8.69. The van der Waals surface area contributed by atoms with Gasteiger partial charge in [-0.2, -0.15) is 0 Å². The maximum absolute atomic E-state index is 11.6. The molecule has 1 aromatic heterocycles. The number of nitrogens with one attached hydrogen (secondary N) is 1. The van der Waals surface area contributed by atoms with Gasteiger partial charge in [0, 0.05) is 6.42 Å². The van der Waals surface area contributed by atoms with Gasteiger partial charge in [-0.15, -0.1) is 0 Å². The van der Waals surface area contributed by atoms with Crippen molar-refractivity contribution in [3.63, 3.8) is 0 Å². The third kappa shape index (κ3) is 2.39. The van der Waals surface area contributed by atoms with E-state index in [-0.39, 0.29) is 11.4 Å². The van der Waals surface area contributed by atoms with E-state index in [1.54, 1.807) is 0 Å². The lowest BCUT2D eigenvalue weighted by atomic mass is 10.2. The molecule has 1 aromatic rings. The Bertz CT molecular complexity index is 477. The largest absolute Gasteiger partial charge is 0.481 e. The van der Waals surface area contributed by atoms with Crippen molar-refractivity contribution in [1.29, 1.82) is 0 Å². The lowest BCUT2D eigenvalue weighted by Crippen LogP contribution is -2.22. The zero-order valence-electron chi connectivity index (χ0n) is 8.69. The lowest BCUT2D eigenvalue weighted by molar-refractivity contribution is -0.136. The van der Waals surface area contributed by atoms with Crippen molar-refractivity contribution in [2.45, 2.75) is 25.7 Å². The van der Waals surface area contributed by atoms with Crippen molar-refractivity contribution in [2.75, 3.05) is 5.73 Å². The third-order valence-corrected chi connectivity index (χ3v) is 2.60. The molecule has 0 spiro atoms. The summed E-state index contributed by atoms with van der Waals surface area (Å²) in [7, 11) is 0. The van der Waals surface area contributed by atoms with Crippen LogP contribution < -0.4 is 11.3 Å². The Labute approximate surface area is 91.5 Å². The van der Waals surface area contributed by atoms with E-state index in [2.05, 4.69) is 9.97 Å². The van der Waals surface area contributed by atoms with Gasteiger partial charge in [-0.05, 0) is 18.8 Å². The highest BCUT2D eigenvalue weighted by molar-refractivity contribution is 5.71. The molecule has 1 saturated carbocycles. The highest BCUT2D eigenvalue weighted by Crippen LogP contribution is 2.31. The molecular formula is C10H13N3O3. The summed E-state index contributed by atoms with van der Waals surface area (Å²) >= 11 is 0. The third-order valence-electron chi connectivity index (χ3n) is 2.60. The first kappa shape index (κ1) is 10.7. The molecule has 1 fully saturated rings. The van der Waals surface area contributed by atoms with Crippen LogP contribution in [0.15, 0.2) is 4.79 Å². The van der Waals surface area contributed by atoms with Gasteiger partial charge in [0.2, 0.25) is 0 Å². The summed E-state index contributed by atoms with van der Waals surface area (Å²) in [6, 6.07) is 0. The Morgan fingerprint density at radius 3 is 2.75 bits per heavy atom. The monoisotopic (exact) mass is 223 g/mol. The molecular weight excluding hydrogens is 210 g/mol. The number of nitrogens with two attached hydrogens (primary N) is 1. The summed E-state index contributed by atoms with van der Waals surface area (Å²) in [5.41, 5.74) is 5.17. The summed E-state index contributed by atoms with van der Waals surface area (Å²) in [6.45, 7) is 0. The fourth-order valence-corrected chi connectivity index (χ4v) is 1.58. The molecule has 1 heterocycles. The molecule has 1 aliphatic rings. The average Bonchev–Trinajstić information content (AvgIpc) is 2.95. The maximum atomic E-state index is 11.6. The van der Waals surface area contributed by atoms with Gasteiger partial charge in [0.05, 0.1) is 12.0 Å². The van der Waals surface area contributed by atoms with Gasteiger partial charge < -0.3 is 15.8 Å². The number of carbonyl (C=O) groups is 1. The van der Waals surface area contributed by atoms with Gasteiger partial charge in [-0.3, -0.25) is 9.59 Å². The van der Waals surface area contributed by atoms with Crippen LogP contribution in [-0.4, -0.2) is 21.0 Å². The van der Waals surface area contributed by atoms with E-state index in [1.807, 2.05) is 0 Å². The van der Waals surface area contributed by atoms with Gasteiger partial charge in [0.1, 0.15) is 11.6 Å². The summed E-state index contributed by atoms with van der Waals surface area (Å²) in [4.78, 5) is 28.7. The lowest BCUT2D eigenvalue weighted by Gasteiger charge is -2.04. The normalized spacial score (nSPS) is 15.0. The molecule has 0 bridgehead atoms. The number of carboxylic acids is 1. The van der Waals surface area contributed by atoms with Gasteiger partial charge in [-0.1, -0.05) is 0 Å². The molecule has 0 amide bonds. The number of nitrogen functional groups attached to an aromatic ring is 1. The van der Waals surface area contributed by atoms with Crippen molar-refractivity contribution in [3.8, 4) is 0 Å². The molecule has 4 N–H and O–H groups in total. The van der Waals surface area contributed by atoms with Crippen LogP contribution in [0.4, 0.5) is 5.82 Å². The molecule has 16 heavy (non-hydrogen) atoms. The SMILES string of the molecule is Nc1nc(CC2CC2)[nH]c(=O)c1CC(=O)O. The van der Waals surface area contributed by atoms with E-state index in [0.717, 1.165) is 12.8 Å². The minimum Gasteiger partial charge on any atom is -0.481 e. The molecule has 0 atom stereocenters. The molecule has 6 nitrogen and oxygen atoms in total. The van der Waals surface area contributed by atoms with Crippen molar-refractivity contribution in [1.82, 2.24) is 9.97 Å². The van der Waals surface area contributed by atoms with Crippen LogP contribution in [0.5, 0.6) is 0 Å². The second kappa shape index (κ2) is 3.96. The van der Waals surface area contributed by atoms with Crippen LogP contribution in [0.2, 0.25) is 0 Å². The highest BCUT2D eigenvalue weighted by atomic mass is 16.4.